The number of aliphatic hydroxyl groups is 2. The number of nitrogens with zero attached hydrogens (tertiary/aromatic N) is 10. The number of hydrogen-bond donors (Lipinski definition) is 5. The number of benzene rings is 2. The summed E-state index contributed by atoms with van der Waals surface area (Å²) >= 11 is 5.95. The number of anilines is 2. The van der Waals surface area contributed by atoms with Gasteiger partial charge in [0.1, 0.15) is 47.7 Å². The van der Waals surface area contributed by atoms with Crippen molar-refractivity contribution in [1.29, 1.82) is 0 Å². The van der Waals surface area contributed by atoms with Crippen LogP contribution in [0.5, 0.6) is 0 Å². The molecule has 0 radical (unpaired) electrons. The highest BCUT2D eigenvalue weighted by atomic mass is 35.5. The van der Waals surface area contributed by atoms with E-state index in [0.29, 0.717) is 27.9 Å². The third-order valence-electron chi connectivity index (χ3n) is 10.9. The standard InChI is InChI=1S/C22H22N8O5.C17H16ClN5O4.CH3F/c1-24-19(32)12-7-26-30(8-12)22-27-17(23)14-18(28-22)29(10-25-14)20-16-15(13(9-31)33-20)34-21(35-16)11-5-3-2-4-6-11;18-17-21-13(19)10-14(22-17)23(7-20-10)15-12-11(9(6-24)25-15)26-16(27-12)8-4-2-1-3-5-8;1-2/h2-8,10,13,15-16,20-21,31H,9H2,1H3,(H,24,32)(H2,23,27,28);1-5,7,9,11-12,15-16,24H,6H2,(H2,19,21,22);1H3/t13-,15+,16?,20-,21?;9-,11+,12?,15-,16?;/m11./s1/i;;1D. The summed E-state index contributed by atoms with van der Waals surface area (Å²) in [5, 5.41) is 26.4. The van der Waals surface area contributed by atoms with E-state index in [1.165, 1.54) is 24.1 Å². The van der Waals surface area contributed by atoms with Crippen molar-refractivity contribution in [1.82, 2.24) is 54.1 Å². The Balaban J connectivity index is 0.000000159. The Morgan fingerprint density at radius 1 is 0.766 bits per heavy atom. The van der Waals surface area contributed by atoms with E-state index in [0.717, 1.165) is 11.1 Å². The molecule has 24 heteroatoms. The minimum atomic E-state index is -1.00. The van der Waals surface area contributed by atoms with Crippen LogP contribution in [0.1, 0.15) is 47.9 Å². The van der Waals surface area contributed by atoms with Crippen molar-refractivity contribution in [2.24, 2.45) is 0 Å². The average molecular weight is 903 g/mol. The molecule has 0 aliphatic carbocycles. The van der Waals surface area contributed by atoms with Crippen molar-refractivity contribution in [2.45, 2.75) is 61.7 Å². The number of carbonyl (C=O) groups excluding carboxylic acids is 1. The zero-order valence-corrected chi connectivity index (χ0v) is 34.4. The van der Waals surface area contributed by atoms with Gasteiger partial charge in [-0.15, -0.1) is 0 Å². The van der Waals surface area contributed by atoms with Gasteiger partial charge in [0.05, 0.1) is 46.2 Å². The lowest BCUT2D eigenvalue weighted by molar-refractivity contribution is -0.153. The molecule has 4 unspecified atom stereocenters. The van der Waals surface area contributed by atoms with E-state index in [9.17, 15) is 19.4 Å². The van der Waals surface area contributed by atoms with E-state index in [1.807, 2.05) is 60.7 Å². The molecule has 1 amide bonds. The fourth-order valence-corrected chi connectivity index (χ4v) is 8.12. The van der Waals surface area contributed by atoms with Gasteiger partial charge in [-0.2, -0.15) is 25.0 Å². The third kappa shape index (κ3) is 7.75. The van der Waals surface area contributed by atoms with Gasteiger partial charge >= 0.3 is 0 Å². The monoisotopic (exact) mass is 902 g/mol. The lowest BCUT2D eigenvalue weighted by Crippen LogP contribution is -2.30. The van der Waals surface area contributed by atoms with Gasteiger partial charge < -0.3 is 55.4 Å². The molecule has 5 aromatic heterocycles. The summed E-state index contributed by atoms with van der Waals surface area (Å²) in [7, 11) is 0.532. The smallest absolute Gasteiger partial charge is 0.254 e. The maximum atomic E-state index is 11.9. The van der Waals surface area contributed by atoms with Gasteiger partial charge in [-0.3, -0.25) is 18.3 Å². The average Bonchev–Trinajstić information content (AvgIpc) is 4.19. The minimum absolute atomic E-state index is 0.0146. The molecule has 9 heterocycles. The largest absolute Gasteiger partial charge is 0.394 e. The number of ether oxygens (including phenoxy) is 6. The van der Waals surface area contributed by atoms with E-state index < -0.39 is 68.8 Å². The number of imidazole rings is 2. The topological polar surface area (TPSA) is 282 Å². The Morgan fingerprint density at radius 2 is 1.25 bits per heavy atom. The van der Waals surface area contributed by atoms with Crippen LogP contribution in [0.15, 0.2) is 85.7 Å². The number of hydrogen-bond acceptors (Lipinski definition) is 18. The van der Waals surface area contributed by atoms with Gasteiger partial charge in [0, 0.05) is 24.4 Å². The fraction of sp³-hybridized carbons (Fsp3) is 0.350. The van der Waals surface area contributed by atoms with Crippen LogP contribution in [0.2, 0.25) is 5.28 Å². The second-order valence-electron chi connectivity index (χ2n) is 14.6. The number of nitrogens with two attached hydrogens (primary N) is 2. The highest BCUT2D eigenvalue weighted by molar-refractivity contribution is 6.28. The molecule has 4 fully saturated rings. The van der Waals surface area contributed by atoms with Crippen LogP contribution in [0.3, 0.4) is 0 Å². The molecule has 64 heavy (non-hydrogen) atoms. The summed E-state index contributed by atoms with van der Waals surface area (Å²) in [4.78, 5) is 37.5. The third-order valence-corrected chi connectivity index (χ3v) is 11.0. The van der Waals surface area contributed by atoms with E-state index in [4.69, 9.17) is 52.9 Å². The molecule has 4 saturated heterocycles. The number of fused-ring (bicyclic) bond motifs is 4. The molecule has 0 saturated carbocycles. The fourth-order valence-electron chi connectivity index (χ4n) is 7.95. The maximum Gasteiger partial charge on any atom is 0.254 e. The number of nitrogen functional groups attached to an aromatic ring is 2. The van der Waals surface area contributed by atoms with E-state index >= 15 is 0 Å². The summed E-state index contributed by atoms with van der Waals surface area (Å²) in [5.74, 6) is 0.190. The molecule has 7 aromatic rings. The predicted molar refractivity (Wildman–Crippen MR) is 222 cm³/mol. The summed E-state index contributed by atoms with van der Waals surface area (Å²) in [6.45, 7) is -0.444. The zero-order valence-electron chi connectivity index (χ0n) is 34.6. The maximum absolute atomic E-state index is 11.9. The molecule has 0 bridgehead atoms. The lowest BCUT2D eigenvalue weighted by Gasteiger charge is -2.20. The highest BCUT2D eigenvalue weighted by Crippen LogP contribution is 2.46. The van der Waals surface area contributed by atoms with Crippen LogP contribution < -0.4 is 16.8 Å². The van der Waals surface area contributed by atoms with Crippen LogP contribution in [-0.4, -0.2) is 129 Å². The number of aliphatic hydroxyl groups excluding tert-OH is 2. The van der Waals surface area contributed by atoms with E-state index in [2.05, 4.69) is 40.3 Å². The van der Waals surface area contributed by atoms with Crippen molar-refractivity contribution in [3.63, 3.8) is 0 Å². The molecule has 22 nitrogen and oxygen atoms in total. The first-order chi connectivity index (χ1) is 31.6. The van der Waals surface area contributed by atoms with Crippen molar-refractivity contribution >= 4 is 51.5 Å². The second-order valence-corrected chi connectivity index (χ2v) is 14.9. The van der Waals surface area contributed by atoms with Crippen molar-refractivity contribution < 1.29 is 49.2 Å². The number of halogens is 2. The van der Waals surface area contributed by atoms with Crippen molar-refractivity contribution in [3.8, 4) is 5.95 Å². The molecule has 334 valence electrons. The molecule has 2 aromatic carbocycles. The first-order valence-electron chi connectivity index (χ1n) is 20.4. The van der Waals surface area contributed by atoms with Gasteiger partial charge in [-0.25, -0.2) is 14.6 Å². The normalized spacial score (nSPS) is 27.0. The first-order valence-corrected chi connectivity index (χ1v) is 20.0. The van der Waals surface area contributed by atoms with Crippen LogP contribution >= 0.6 is 11.6 Å². The van der Waals surface area contributed by atoms with Crippen LogP contribution in [0, 0.1) is 0 Å². The second kappa shape index (κ2) is 18.1. The lowest BCUT2D eigenvalue weighted by atomic mass is 10.1. The minimum Gasteiger partial charge on any atom is -0.394 e. The summed E-state index contributed by atoms with van der Waals surface area (Å²) in [6, 6.07) is 19.2. The van der Waals surface area contributed by atoms with E-state index in [1.54, 1.807) is 21.8 Å². The van der Waals surface area contributed by atoms with Gasteiger partial charge in [-0.05, 0) is 11.6 Å². The molecule has 10 atom stereocenters. The van der Waals surface area contributed by atoms with Crippen LogP contribution in [-0.2, 0) is 28.4 Å². The Kier molecular flexibility index (Phi) is 11.8. The molecular weight excluding hydrogens is 861 g/mol. The Bertz CT molecular complexity index is 2770. The molecule has 4 aliphatic heterocycles. The zero-order chi connectivity index (χ0) is 45.4. The van der Waals surface area contributed by atoms with Crippen molar-refractivity contribution in [2.75, 3.05) is 38.9 Å². The SMILES string of the molecule is CNC(=O)c1cnn(-c2nc(N)c3ncn([C@@H]4O[C@H](CO)[C@@H]5OC(c6ccccc6)OC54)c3n2)c1.Nc1nc(Cl)nc2c1ncn2[C@@H]1O[C@H](CO)[C@@H]2OC(c3ccccc3)OC21.[2H]CF. The van der Waals surface area contributed by atoms with Gasteiger partial charge in [0.25, 0.3) is 11.9 Å². The van der Waals surface area contributed by atoms with Crippen molar-refractivity contribution in [3.05, 3.63) is 108 Å². The number of amides is 1. The number of carbonyl (C=O) groups is 1. The molecule has 0 spiro atoms. The molecular formula is C40H41ClFN13O9. The predicted octanol–water partition coefficient (Wildman–Crippen LogP) is 2.35. The number of alkyl halides is 1. The Labute approximate surface area is 368 Å². The van der Waals surface area contributed by atoms with Gasteiger partial charge in [-0.1, -0.05) is 60.7 Å². The number of rotatable bonds is 8. The summed E-state index contributed by atoms with van der Waals surface area (Å²) in [5.41, 5.74) is 15.8. The summed E-state index contributed by atoms with van der Waals surface area (Å²) in [6.07, 6.45) is 0.523. The number of aromatic nitrogens is 10. The molecule has 11 rings (SSSR count). The van der Waals surface area contributed by atoms with Crippen LogP contribution in [0.25, 0.3) is 28.3 Å². The van der Waals surface area contributed by atoms with Gasteiger partial charge in [0.15, 0.2) is 48.0 Å². The Morgan fingerprint density at radius 3 is 1.75 bits per heavy atom. The summed E-state index contributed by atoms with van der Waals surface area (Å²) < 4.78 is 56.8. The number of nitrogens with one attached hydrogen (secondary N) is 1. The molecule has 4 aliphatic rings. The van der Waals surface area contributed by atoms with Gasteiger partial charge in [0.2, 0.25) is 5.28 Å². The van der Waals surface area contributed by atoms with E-state index in [-0.39, 0.29) is 42.0 Å². The quantitative estimate of drug-likeness (QED) is 0.137. The first kappa shape index (κ1) is 41.7. The van der Waals surface area contributed by atoms with Crippen LogP contribution in [0.4, 0.5) is 16.0 Å². The highest BCUT2D eigenvalue weighted by Gasteiger charge is 2.55. The Hall–Kier alpha value is -6.28. The molecule has 7 N–H and O–H groups in total.